The predicted molar refractivity (Wildman–Crippen MR) is 38.2 cm³/mol. The van der Waals surface area contributed by atoms with Crippen LogP contribution >= 0.6 is 0 Å². The summed E-state index contributed by atoms with van der Waals surface area (Å²) < 4.78 is 0. The van der Waals surface area contributed by atoms with Crippen LogP contribution < -0.4 is 0 Å². The lowest BCUT2D eigenvalue weighted by Crippen LogP contribution is -2.00. The molecule has 0 aromatic rings. The van der Waals surface area contributed by atoms with Crippen molar-refractivity contribution in [2.24, 2.45) is 11.8 Å². The Labute approximate surface area is 57.1 Å². The van der Waals surface area contributed by atoms with Gasteiger partial charge in [-0.05, 0) is 24.7 Å². The summed E-state index contributed by atoms with van der Waals surface area (Å²) in [7, 11) is 0. The third-order valence-electron chi connectivity index (χ3n) is 2.55. The van der Waals surface area contributed by atoms with Crippen molar-refractivity contribution in [2.75, 3.05) is 0 Å². The van der Waals surface area contributed by atoms with Crippen LogP contribution in [0.25, 0.3) is 0 Å². The summed E-state index contributed by atoms with van der Waals surface area (Å²) in [5.41, 5.74) is 0. The first-order valence-corrected chi connectivity index (χ1v) is 3.92. The minimum atomic E-state index is 0.00458. The highest BCUT2D eigenvalue weighted by atomic mass is 16.3. The van der Waals surface area contributed by atoms with Gasteiger partial charge in [-0.25, -0.2) is 0 Å². The van der Waals surface area contributed by atoms with Gasteiger partial charge in [0.1, 0.15) is 0 Å². The van der Waals surface area contributed by atoms with Crippen LogP contribution in [0.5, 0.6) is 0 Å². The molecule has 0 unspecified atom stereocenters. The first kappa shape index (κ1) is 7.07. The molecule has 3 atom stereocenters. The lowest BCUT2D eigenvalue weighted by atomic mass is 9.96. The zero-order valence-electron chi connectivity index (χ0n) is 6.30. The zero-order chi connectivity index (χ0) is 6.85. The second-order valence-corrected chi connectivity index (χ2v) is 3.27. The van der Waals surface area contributed by atoms with Crippen LogP contribution in [0.1, 0.15) is 33.1 Å². The van der Waals surface area contributed by atoms with E-state index in [4.69, 9.17) is 0 Å². The van der Waals surface area contributed by atoms with Crippen molar-refractivity contribution >= 4 is 0 Å². The maximum Gasteiger partial charge on any atom is 0.0545 e. The standard InChI is InChI=1S/C8H16O/c1-3-7-5-8(9)4-6(7)2/h6-9H,3-5H2,1-2H3/t6-,7-,8+/m0/s1. The van der Waals surface area contributed by atoms with Gasteiger partial charge in [-0.3, -0.25) is 0 Å². The van der Waals surface area contributed by atoms with Gasteiger partial charge in [-0.1, -0.05) is 20.3 Å². The van der Waals surface area contributed by atoms with Gasteiger partial charge in [0.05, 0.1) is 6.10 Å². The quantitative estimate of drug-likeness (QED) is 0.571. The van der Waals surface area contributed by atoms with E-state index in [0.29, 0.717) is 0 Å². The fourth-order valence-corrected chi connectivity index (χ4v) is 1.87. The average Bonchev–Trinajstić information content (AvgIpc) is 2.10. The monoisotopic (exact) mass is 128 g/mol. The van der Waals surface area contributed by atoms with Gasteiger partial charge in [0.15, 0.2) is 0 Å². The topological polar surface area (TPSA) is 20.2 Å². The molecule has 54 valence electrons. The highest BCUT2D eigenvalue weighted by Gasteiger charge is 2.27. The van der Waals surface area contributed by atoms with E-state index in [9.17, 15) is 5.11 Å². The molecular weight excluding hydrogens is 112 g/mol. The van der Waals surface area contributed by atoms with E-state index in [0.717, 1.165) is 24.7 Å². The van der Waals surface area contributed by atoms with Gasteiger partial charge in [0, 0.05) is 0 Å². The maximum absolute atomic E-state index is 9.20. The van der Waals surface area contributed by atoms with Gasteiger partial charge >= 0.3 is 0 Å². The Bertz CT molecular complexity index is 90.6. The van der Waals surface area contributed by atoms with Gasteiger partial charge in [-0.2, -0.15) is 0 Å². The summed E-state index contributed by atoms with van der Waals surface area (Å²) in [6.07, 6.45) is 3.30. The van der Waals surface area contributed by atoms with E-state index < -0.39 is 0 Å². The normalized spacial score (nSPS) is 43.7. The summed E-state index contributed by atoms with van der Waals surface area (Å²) in [5.74, 6) is 1.55. The molecule has 0 heterocycles. The van der Waals surface area contributed by atoms with Crippen LogP contribution in [0.2, 0.25) is 0 Å². The molecule has 0 aromatic heterocycles. The fourth-order valence-electron chi connectivity index (χ4n) is 1.87. The van der Waals surface area contributed by atoms with Gasteiger partial charge in [0.2, 0.25) is 0 Å². The first-order chi connectivity index (χ1) is 4.24. The molecule has 1 rings (SSSR count). The molecule has 1 nitrogen and oxygen atoms in total. The molecule has 0 spiro atoms. The molecule has 0 bridgehead atoms. The molecule has 1 aliphatic carbocycles. The van der Waals surface area contributed by atoms with Crippen LogP contribution in [-0.2, 0) is 0 Å². The van der Waals surface area contributed by atoms with Crippen LogP contribution in [0.4, 0.5) is 0 Å². The van der Waals surface area contributed by atoms with Crippen molar-refractivity contribution in [3.05, 3.63) is 0 Å². The summed E-state index contributed by atoms with van der Waals surface area (Å²) in [6.45, 7) is 4.45. The zero-order valence-corrected chi connectivity index (χ0v) is 6.30. The van der Waals surface area contributed by atoms with Crippen LogP contribution in [0, 0.1) is 11.8 Å². The van der Waals surface area contributed by atoms with E-state index >= 15 is 0 Å². The highest BCUT2D eigenvalue weighted by Crippen LogP contribution is 2.33. The Morgan fingerprint density at radius 3 is 2.33 bits per heavy atom. The van der Waals surface area contributed by atoms with Crippen molar-refractivity contribution < 1.29 is 5.11 Å². The second kappa shape index (κ2) is 2.70. The van der Waals surface area contributed by atoms with E-state index in [1.165, 1.54) is 6.42 Å². The number of hydrogen-bond donors (Lipinski definition) is 1. The van der Waals surface area contributed by atoms with Crippen molar-refractivity contribution in [3.63, 3.8) is 0 Å². The average molecular weight is 128 g/mol. The predicted octanol–water partition coefficient (Wildman–Crippen LogP) is 1.80. The molecule has 1 fully saturated rings. The maximum atomic E-state index is 9.20. The van der Waals surface area contributed by atoms with E-state index in [1.54, 1.807) is 0 Å². The second-order valence-electron chi connectivity index (χ2n) is 3.27. The fraction of sp³-hybridized carbons (Fsp3) is 1.00. The summed E-state index contributed by atoms with van der Waals surface area (Å²) in [4.78, 5) is 0. The highest BCUT2D eigenvalue weighted by molar-refractivity contribution is 4.79. The van der Waals surface area contributed by atoms with Crippen LogP contribution in [0.15, 0.2) is 0 Å². The Morgan fingerprint density at radius 1 is 1.44 bits per heavy atom. The molecule has 0 aliphatic heterocycles. The van der Waals surface area contributed by atoms with Gasteiger partial charge in [-0.15, -0.1) is 0 Å². The molecule has 1 aliphatic rings. The van der Waals surface area contributed by atoms with Crippen LogP contribution in [0.3, 0.4) is 0 Å². The van der Waals surface area contributed by atoms with E-state index in [2.05, 4.69) is 13.8 Å². The molecule has 0 amide bonds. The number of hydrogen-bond acceptors (Lipinski definition) is 1. The lowest BCUT2D eigenvalue weighted by Gasteiger charge is -2.09. The van der Waals surface area contributed by atoms with Crippen molar-refractivity contribution in [2.45, 2.75) is 39.2 Å². The molecule has 9 heavy (non-hydrogen) atoms. The summed E-state index contributed by atoms with van der Waals surface area (Å²) in [6, 6.07) is 0. The molecule has 1 saturated carbocycles. The van der Waals surface area contributed by atoms with E-state index in [-0.39, 0.29) is 6.10 Å². The Morgan fingerprint density at radius 2 is 2.11 bits per heavy atom. The van der Waals surface area contributed by atoms with Crippen molar-refractivity contribution in [3.8, 4) is 0 Å². The van der Waals surface area contributed by atoms with Gasteiger partial charge in [0.25, 0.3) is 0 Å². The van der Waals surface area contributed by atoms with E-state index in [1.807, 2.05) is 0 Å². The SMILES string of the molecule is CC[C@H]1C[C@H](O)C[C@@H]1C. The lowest BCUT2D eigenvalue weighted by molar-refractivity contribution is 0.175. The Kier molecular flexibility index (Phi) is 2.12. The summed E-state index contributed by atoms with van der Waals surface area (Å²) in [5, 5.41) is 9.20. The third-order valence-corrected chi connectivity index (χ3v) is 2.55. The number of rotatable bonds is 1. The molecular formula is C8H16O. The van der Waals surface area contributed by atoms with Crippen LogP contribution in [-0.4, -0.2) is 11.2 Å². The smallest absolute Gasteiger partial charge is 0.0545 e. The Hall–Kier alpha value is -0.0400. The number of aliphatic hydroxyl groups excluding tert-OH is 1. The van der Waals surface area contributed by atoms with Crippen molar-refractivity contribution in [1.82, 2.24) is 0 Å². The minimum absolute atomic E-state index is 0.00458. The molecule has 0 saturated heterocycles. The van der Waals surface area contributed by atoms with Crippen molar-refractivity contribution in [1.29, 1.82) is 0 Å². The third kappa shape index (κ3) is 1.45. The molecule has 0 aromatic carbocycles. The van der Waals surface area contributed by atoms with Gasteiger partial charge < -0.3 is 5.11 Å². The number of aliphatic hydroxyl groups is 1. The molecule has 0 radical (unpaired) electrons. The molecule has 1 heteroatoms. The largest absolute Gasteiger partial charge is 0.393 e. The minimum Gasteiger partial charge on any atom is -0.393 e. The summed E-state index contributed by atoms with van der Waals surface area (Å²) >= 11 is 0. The first-order valence-electron chi connectivity index (χ1n) is 3.92. The molecule has 1 N–H and O–H groups in total. The Balaban J connectivity index is 2.38.